The Morgan fingerprint density at radius 3 is 1.65 bits per heavy atom. The number of benzene rings is 3. The van der Waals surface area contributed by atoms with Crippen molar-refractivity contribution in [2.45, 2.75) is 44.0 Å². The van der Waals surface area contributed by atoms with Crippen molar-refractivity contribution in [3.05, 3.63) is 126 Å². The molecule has 6 N–H and O–H groups in total. The molecule has 11 nitrogen and oxygen atoms in total. The SMILES string of the molecule is NC(=O)[C@@H](Cc1cnc[nH]1)NC(=O)[C@H](Cc1ccccc1)NC(=O)[C@H](Cc1ccccc1)NC(=O)OCc1ccccc1. The van der Waals surface area contributed by atoms with Crippen molar-refractivity contribution < 1.29 is 23.9 Å². The highest BCUT2D eigenvalue weighted by Crippen LogP contribution is 2.09. The zero-order valence-electron chi connectivity index (χ0n) is 23.4. The number of primary amides is 1. The average molecular weight is 583 g/mol. The summed E-state index contributed by atoms with van der Waals surface area (Å²) in [6, 6.07) is 24.2. The lowest BCUT2D eigenvalue weighted by molar-refractivity contribution is -0.132. The van der Waals surface area contributed by atoms with Gasteiger partial charge in [0.15, 0.2) is 0 Å². The average Bonchev–Trinajstić information content (AvgIpc) is 3.54. The summed E-state index contributed by atoms with van der Waals surface area (Å²) in [5, 5.41) is 8.08. The summed E-state index contributed by atoms with van der Waals surface area (Å²) < 4.78 is 5.35. The van der Waals surface area contributed by atoms with Crippen molar-refractivity contribution in [3.8, 4) is 0 Å². The number of H-pyrrole nitrogens is 1. The van der Waals surface area contributed by atoms with Gasteiger partial charge >= 0.3 is 6.09 Å². The molecular weight excluding hydrogens is 548 g/mol. The maximum atomic E-state index is 13.7. The number of amides is 4. The lowest BCUT2D eigenvalue weighted by Crippen LogP contribution is -2.57. The van der Waals surface area contributed by atoms with Crippen LogP contribution in [0, 0.1) is 0 Å². The second kappa shape index (κ2) is 15.5. The van der Waals surface area contributed by atoms with Crippen molar-refractivity contribution in [1.82, 2.24) is 25.9 Å². The summed E-state index contributed by atoms with van der Waals surface area (Å²) in [7, 11) is 0. The van der Waals surface area contributed by atoms with Crippen LogP contribution >= 0.6 is 0 Å². The lowest BCUT2D eigenvalue weighted by atomic mass is 10.0. The zero-order valence-corrected chi connectivity index (χ0v) is 23.4. The molecule has 4 amide bonds. The van der Waals surface area contributed by atoms with Gasteiger partial charge < -0.3 is 31.4 Å². The van der Waals surface area contributed by atoms with E-state index in [1.54, 1.807) is 0 Å². The molecule has 1 heterocycles. The number of hydrogen-bond acceptors (Lipinski definition) is 6. The van der Waals surface area contributed by atoms with E-state index in [4.69, 9.17) is 10.5 Å². The highest BCUT2D eigenvalue weighted by atomic mass is 16.5. The minimum atomic E-state index is -1.08. The predicted molar refractivity (Wildman–Crippen MR) is 159 cm³/mol. The Hall–Kier alpha value is -5.45. The van der Waals surface area contributed by atoms with Crippen LogP contribution in [0.15, 0.2) is 104 Å². The molecule has 0 bridgehead atoms. The Kier molecular flexibility index (Phi) is 11.0. The highest BCUT2D eigenvalue weighted by molar-refractivity contribution is 5.94. The number of nitrogens with two attached hydrogens (primary N) is 1. The fourth-order valence-electron chi connectivity index (χ4n) is 4.41. The number of ether oxygens (including phenoxy) is 1. The Bertz CT molecular complexity index is 1470. The summed E-state index contributed by atoms with van der Waals surface area (Å²) >= 11 is 0. The molecule has 0 aliphatic heterocycles. The minimum absolute atomic E-state index is 0.0240. The normalized spacial score (nSPS) is 12.7. The van der Waals surface area contributed by atoms with Gasteiger partial charge in [0.05, 0.1) is 6.33 Å². The number of alkyl carbamates (subject to hydrolysis) is 1. The molecule has 3 aromatic carbocycles. The number of aromatic amines is 1. The number of rotatable bonds is 14. The molecule has 0 spiro atoms. The standard InChI is InChI=1S/C32H34N6O5/c33-29(39)26(18-25-19-34-21-35-25)36-30(40)27(16-22-10-4-1-5-11-22)37-31(41)28(17-23-12-6-2-7-13-23)38-32(42)43-20-24-14-8-3-9-15-24/h1-15,19,21,26-28H,16-18,20H2,(H2,33,39)(H,34,35)(H,36,40)(H,37,41)(H,38,42)/t26-,27+,28+/m1/s1. The van der Waals surface area contributed by atoms with E-state index in [0.29, 0.717) is 5.69 Å². The van der Waals surface area contributed by atoms with E-state index >= 15 is 0 Å². The van der Waals surface area contributed by atoms with Crippen molar-refractivity contribution >= 4 is 23.8 Å². The monoisotopic (exact) mass is 582 g/mol. The number of carbonyl (C=O) groups excluding carboxylic acids is 4. The van der Waals surface area contributed by atoms with E-state index in [0.717, 1.165) is 16.7 Å². The van der Waals surface area contributed by atoms with Gasteiger partial charge in [-0.3, -0.25) is 14.4 Å². The molecule has 11 heteroatoms. The van der Waals surface area contributed by atoms with Crippen LogP contribution in [-0.2, 0) is 45.0 Å². The molecule has 3 atom stereocenters. The van der Waals surface area contributed by atoms with Crippen molar-refractivity contribution in [2.75, 3.05) is 0 Å². The third-order valence-corrected chi connectivity index (χ3v) is 6.66. The lowest BCUT2D eigenvalue weighted by Gasteiger charge is -2.25. The van der Waals surface area contributed by atoms with Gasteiger partial charge in [-0.05, 0) is 16.7 Å². The van der Waals surface area contributed by atoms with E-state index < -0.39 is 41.9 Å². The van der Waals surface area contributed by atoms with E-state index in [9.17, 15) is 19.2 Å². The number of nitrogens with one attached hydrogen (secondary N) is 4. The summed E-state index contributed by atoms with van der Waals surface area (Å²) in [6.07, 6.45) is 2.58. The summed E-state index contributed by atoms with van der Waals surface area (Å²) in [5.41, 5.74) is 8.55. The van der Waals surface area contributed by atoms with Crippen LogP contribution in [0.4, 0.5) is 4.79 Å². The van der Waals surface area contributed by atoms with Crippen molar-refractivity contribution in [1.29, 1.82) is 0 Å². The molecule has 43 heavy (non-hydrogen) atoms. The second-order valence-electron chi connectivity index (χ2n) is 9.94. The maximum absolute atomic E-state index is 13.7. The topological polar surface area (TPSA) is 168 Å². The zero-order chi connectivity index (χ0) is 30.4. The molecule has 0 saturated heterocycles. The second-order valence-corrected chi connectivity index (χ2v) is 9.94. The third kappa shape index (κ3) is 9.85. The molecule has 0 fully saturated rings. The van der Waals surface area contributed by atoms with Crippen molar-refractivity contribution in [3.63, 3.8) is 0 Å². The first-order chi connectivity index (χ1) is 20.9. The van der Waals surface area contributed by atoms with Gasteiger partial charge in [0.2, 0.25) is 17.7 Å². The van der Waals surface area contributed by atoms with Gasteiger partial charge in [-0.25, -0.2) is 9.78 Å². The van der Waals surface area contributed by atoms with Crippen LogP contribution in [0.5, 0.6) is 0 Å². The van der Waals surface area contributed by atoms with E-state index in [1.165, 1.54) is 12.5 Å². The fourth-order valence-corrected chi connectivity index (χ4v) is 4.41. The first kappa shape index (κ1) is 30.5. The first-order valence-corrected chi connectivity index (χ1v) is 13.8. The molecule has 4 aromatic rings. The molecule has 222 valence electrons. The van der Waals surface area contributed by atoms with Crippen LogP contribution in [0.25, 0.3) is 0 Å². The smallest absolute Gasteiger partial charge is 0.408 e. The number of nitrogens with zero attached hydrogens (tertiary/aromatic N) is 1. The molecule has 0 saturated carbocycles. The molecule has 0 aliphatic rings. The molecule has 0 radical (unpaired) electrons. The van der Waals surface area contributed by atoms with Gasteiger partial charge in [-0.15, -0.1) is 0 Å². The van der Waals surface area contributed by atoms with Gasteiger partial charge in [0.1, 0.15) is 24.7 Å². The first-order valence-electron chi connectivity index (χ1n) is 13.8. The molecule has 4 rings (SSSR count). The minimum Gasteiger partial charge on any atom is -0.445 e. The van der Waals surface area contributed by atoms with Crippen LogP contribution in [0.2, 0.25) is 0 Å². The van der Waals surface area contributed by atoms with Gasteiger partial charge in [-0.1, -0.05) is 91.0 Å². The highest BCUT2D eigenvalue weighted by Gasteiger charge is 2.30. The largest absolute Gasteiger partial charge is 0.445 e. The van der Waals surface area contributed by atoms with Crippen LogP contribution in [-0.4, -0.2) is 51.9 Å². The summed E-state index contributed by atoms with van der Waals surface area (Å²) in [4.78, 5) is 58.9. The number of carbonyl (C=O) groups is 4. The number of hydrogen-bond donors (Lipinski definition) is 5. The number of imidazole rings is 1. The Labute approximate surface area is 249 Å². The third-order valence-electron chi connectivity index (χ3n) is 6.66. The quantitative estimate of drug-likeness (QED) is 0.153. The van der Waals surface area contributed by atoms with Crippen molar-refractivity contribution in [2.24, 2.45) is 5.73 Å². The van der Waals surface area contributed by atoms with Gasteiger partial charge in [0, 0.05) is 31.2 Å². The van der Waals surface area contributed by atoms with Crippen LogP contribution < -0.4 is 21.7 Å². The van der Waals surface area contributed by atoms with E-state index in [-0.39, 0.29) is 25.9 Å². The van der Waals surface area contributed by atoms with Crippen LogP contribution in [0.1, 0.15) is 22.4 Å². The van der Waals surface area contributed by atoms with Gasteiger partial charge in [-0.2, -0.15) is 0 Å². The molecular formula is C32H34N6O5. The summed E-state index contributed by atoms with van der Waals surface area (Å²) in [6.45, 7) is 0.0240. The summed E-state index contributed by atoms with van der Waals surface area (Å²) in [5.74, 6) is -1.94. The Morgan fingerprint density at radius 2 is 1.16 bits per heavy atom. The Balaban J connectivity index is 1.50. The Morgan fingerprint density at radius 1 is 0.674 bits per heavy atom. The maximum Gasteiger partial charge on any atom is 0.408 e. The van der Waals surface area contributed by atoms with E-state index in [2.05, 4.69) is 25.9 Å². The predicted octanol–water partition coefficient (Wildman–Crippen LogP) is 2.19. The molecule has 0 unspecified atom stereocenters. The van der Waals surface area contributed by atoms with E-state index in [1.807, 2.05) is 91.0 Å². The van der Waals surface area contributed by atoms with Gasteiger partial charge in [0.25, 0.3) is 0 Å². The fraction of sp³-hybridized carbons (Fsp3) is 0.219. The molecule has 1 aromatic heterocycles. The van der Waals surface area contributed by atoms with Crippen LogP contribution in [0.3, 0.4) is 0 Å². The number of aromatic nitrogens is 2. The molecule has 0 aliphatic carbocycles.